The van der Waals surface area contributed by atoms with Gasteiger partial charge >= 0.3 is 0 Å². The van der Waals surface area contributed by atoms with Crippen molar-refractivity contribution < 1.29 is 0 Å². The number of para-hydroxylation sites is 2. The molecular formula is C29H22Cl2N8. The van der Waals surface area contributed by atoms with E-state index in [0.29, 0.717) is 16.0 Å². The van der Waals surface area contributed by atoms with E-state index in [1.165, 1.54) is 0 Å². The Hall–Kier alpha value is -4.79. The Morgan fingerprint density at radius 3 is 1.38 bits per heavy atom. The first-order chi connectivity index (χ1) is 19.2. The predicted molar refractivity (Wildman–Crippen MR) is 160 cm³/mol. The standard InChI is InChI=1S/C29H22Cl2N8/c30-25-17-9-7-11-21(25)19-32-37-27-34-28(38-33-20-22-12-8-10-18-26(22)31)36-29(35-27)39(23-13-3-1-4-14-23)24-15-5-2-6-16-24/h1-20H,(H2,34,35,36,37,38)/b32-19+,33-20+. The average molecular weight is 553 g/mol. The van der Waals surface area contributed by atoms with Gasteiger partial charge in [0.2, 0.25) is 17.8 Å². The molecule has 8 nitrogen and oxygen atoms in total. The summed E-state index contributed by atoms with van der Waals surface area (Å²) in [4.78, 5) is 15.7. The number of hydrogen-bond acceptors (Lipinski definition) is 8. The highest BCUT2D eigenvalue weighted by Gasteiger charge is 2.17. The smallest absolute Gasteiger partial charge is 0.250 e. The topological polar surface area (TPSA) is 90.7 Å². The van der Waals surface area contributed by atoms with Crippen LogP contribution >= 0.6 is 23.2 Å². The molecule has 10 heteroatoms. The average Bonchev–Trinajstić information content (AvgIpc) is 2.96. The number of halogens is 2. The molecule has 0 bridgehead atoms. The summed E-state index contributed by atoms with van der Waals surface area (Å²) >= 11 is 12.5. The first kappa shape index (κ1) is 25.8. The molecule has 0 saturated heterocycles. The molecule has 0 radical (unpaired) electrons. The van der Waals surface area contributed by atoms with Gasteiger partial charge in [-0.2, -0.15) is 25.2 Å². The molecule has 0 saturated carbocycles. The van der Waals surface area contributed by atoms with Gasteiger partial charge in [0, 0.05) is 32.5 Å². The van der Waals surface area contributed by atoms with Gasteiger partial charge in [0.15, 0.2) is 0 Å². The molecule has 0 aliphatic rings. The lowest BCUT2D eigenvalue weighted by molar-refractivity contribution is 0.991. The third kappa shape index (κ3) is 6.75. The Labute approximate surface area is 235 Å². The highest BCUT2D eigenvalue weighted by molar-refractivity contribution is 6.33. The number of anilines is 5. The summed E-state index contributed by atoms with van der Waals surface area (Å²) in [5.41, 5.74) is 9.00. The Bertz CT molecular complexity index is 1480. The number of rotatable bonds is 9. The Kier molecular flexibility index (Phi) is 8.38. The molecule has 0 fully saturated rings. The Morgan fingerprint density at radius 2 is 0.949 bits per heavy atom. The lowest BCUT2D eigenvalue weighted by Crippen LogP contribution is -2.16. The molecule has 39 heavy (non-hydrogen) atoms. The van der Waals surface area contributed by atoms with E-state index in [2.05, 4.69) is 36.0 Å². The molecule has 0 aliphatic heterocycles. The summed E-state index contributed by atoms with van der Waals surface area (Å²) in [7, 11) is 0. The van der Waals surface area contributed by atoms with Crippen LogP contribution in [0.25, 0.3) is 0 Å². The number of hydrogen-bond donors (Lipinski definition) is 2. The van der Waals surface area contributed by atoms with Crippen molar-refractivity contribution in [3.05, 3.63) is 130 Å². The van der Waals surface area contributed by atoms with Crippen LogP contribution in [-0.2, 0) is 0 Å². The minimum atomic E-state index is 0.204. The minimum absolute atomic E-state index is 0.204. The van der Waals surface area contributed by atoms with Crippen LogP contribution in [0.15, 0.2) is 119 Å². The molecule has 4 aromatic carbocycles. The summed E-state index contributed by atoms with van der Waals surface area (Å²) in [6.07, 6.45) is 3.20. The number of nitrogens with one attached hydrogen (secondary N) is 2. The number of aromatic nitrogens is 3. The van der Waals surface area contributed by atoms with Crippen LogP contribution in [0.3, 0.4) is 0 Å². The normalized spacial score (nSPS) is 11.1. The highest BCUT2D eigenvalue weighted by atomic mass is 35.5. The maximum absolute atomic E-state index is 6.25. The van der Waals surface area contributed by atoms with E-state index < -0.39 is 0 Å². The lowest BCUT2D eigenvalue weighted by atomic mass is 10.2. The predicted octanol–water partition coefficient (Wildman–Crippen LogP) is 7.54. The van der Waals surface area contributed by atoms with Crippen LogP contribution < -0.4 is 15.8 Å². The molecule has 0 aliphatic carbocycles. The molecule has 1 aromatic heterocycles. The van der Waals surface area contributed by atoms with Crippen molar-refractivity contribution in [2.45, 2.75) is 0 Å². The maximum Gasteiger partial charge on any atom is 0.250 e. The lowest BCUT2D eigenvalue weighted by Gasteiger charge is -2.23. The minimum Gasteiger partial charge on any atom is -0.279 e. The zero-order valence-corrected chi connectivity index (χ0v) is 22.0. The van der Waals surface area contributed by atoms with E-state index in [1.54, 1.807) is 24.6 Å². The van der Waals surface area contributed by atoms with Crippen molar-refractivity contribution in [2.75, 3.05) is 15.8 Å². The fourth-order valence-corrected chi connectivity index (χ4v) is 3.95. The van der Waals surface area contributed by atoms with E-state index in [9.17, 15) is 0 Å². The summed E-state index contributed by atoms with van der Waals surface area (Å²) < 4.78 is 0. The van der Waals surface area contributed by atoms with E-state index in [0.717, 1.165) is 22.5 Å². The number of benzene rings is 4. The van der Waals surface area contributed by atoms with Crippen LogP contribution in [0.4, 0.5) is 29.2 Å². The van der Waals surface area contributed by atoms with Gasteiger partial charge in [0.1, 0.15) is 0 Å². The van der Waals surface area contributed by atoms with Crippen molar-refractivity contribution in [3.63, 3.8) is 0 Å². The zero-order chi connectivity index (χ0) is 26.9. The summed E-state index contributed by atoms with van der Waals surface area (Å²) in [6, 6.07) is 34.4. The second-order valence-electron chi connectivity index (χ2n) is 8.07. The van der Waals surface area contributed by atoms with Crippen LogP contribution in [-0.4, -0.2) is 27.4 Å². The van der Waals surface area contributed by atoms with Gasteiger partial charge in [-0.3, -0.25) is 4.90 Å². The molecule has 0 unspecified atom stereocenters. The van der Waals surface area contributed by atoms with Gasteiger partial charge in [-0.25, -0.2) is 10.9 Å². The van der Waals surface area contributed by atoms with Crippen molar-refractivity contribution in [3.8, 4) is 0 Å². The van der Waals surface area contributed by atoms with Crippen molar-refractivity contribution in [1.82, 2.24) is 15.0 Å². The van der Waals surface area contributed by atoms with Crippen LogP contribution in [0.1, 0.15) is 11.1 Å². The maximum atomic E-state index is 6.25. The van der Waals surface area contributed by atoms with Crippen LogP contribution in [0.5, 0.6) is 0 Å². The third-order valence-corrected chi connectivity index (χ3v) is 6.09. The molecule has 0 amide bonds. The third-order valence-electron chi connectivity index (χ3n) is 5.40. The molecule has 192 valence electrons. The van der Waals surface area contributed by atoms with Gasteiger partial charge < -0.3 is 0 Å². The zero-order valence-electron chi connectivity index (χ0n) is 20.5. The first-order valence-electron chi connectivity index (χ1n) is 11.9. The molecule has 0 atom stereocenters. The molecule has 2 N–H and O–H groups in total. The van der Waals surface area contributed by atoms with Crippen molar-refractivity contribution in [1.29, 1.82) is 0 Å². The fraction of sp³-hybridized carbons (Fsp3) is 0. The Balaban J connectivity index is 1.51. The number of hydrazone groups is 2. The first-order valence-corrected chi connectivity index (χ1v) is 12.7. The SMILES string of the molecule is Clc1ccccc1/C=N/Nc1nc(N/N=C/c2ccccc2Cl)nc(N(c2ccccc2)c2ccccc2)n1. The summed E-state index contributed by atoms with van der Waals surface area (Å²) in [6.45, 7) is 0. The largest absolute Gasteiger partial charge is 0.279 e. The monoisotopic (exact) mass is 552 g/mol. The van der Waals surface area contributed by atoms with E-state index in [1.807, 2.05) is 102 Å². The molecule has 1 heterocycles. The van der Waals surface area contributed by atoms with Gasteiger partial charge in [-0.15, -0.1) is 0 Å². The second kappa shape index (κ2) is 12.6. The van der Waals surface area contributed by atoms with Gasteiger partial charge in [-0.1, -0.05) is 96.0 Å². The van der Waals surface area contributed by atoms with Gasteiger partial charge in [0.05, 0.1) is 12.4 Å². The van der Waals surface area contributed by atoms with Crippen molar-refractivity contribution >= 4 is 64.9 Å². The molecule has 5 rings (SSSR count). The second-order valence-corrected chi connectivity index (χ2v) is 8.89. The summed E-state index contributed by atoms with van der Waals surface area (Å²) in [5.74, 6) is 0.763. The molecule has 0 spiro atoms. The Morgan fingerprint density at radius 1 is 0.538 bits per heavy atom. The van der Waals surface area contributed by atoms with E-state index in [-0.39, 0.29) is 11.9 Å². The quantitative estimate of drug-likeness (QED) is 0.145. The summed E-state index contributed by atoms with van der Waals surface area (Å²) in [5, 5.41) is 9.73. The van der Waals surface area contributed by atoms with E-state index in [4.69, 9.17) is 23.2 Å². The molecule has 5 aromatic rings. The van der Waals surface area contributed by atoms with Crippen LogP contribution in [0.2, 0.25) is 10.0 Å². The van der Waals surface area contributed by atoms with Gasteiger partial charge in [0.25, 0.3) is 0 Å². The van der Waals surface area contributed by atoms with Gasteiger partial charge in [-0.05, 0) is 36.4 Å². The highest BCUT2D eigenvalue weighted by Crippen LogP contribution is 2.32. The van der Waals surface area contributed by atoms with Crippen molar-refractivity contribution in [2.24, 2.45) is 10.2 Å². The number of nitrogens with zero attached hydrogens (tertiary/aromatic N) is 6. The fourth-order valence-electron chi connectivity index (χ4n) is 3.58. The van der Waals surface area contributed by atoms with Crippen LogP contribution in [0, 0.1) is 0 Å². The molecular weight excluding hydrogens is 531 g/mol. The van der Waals surface area contributed by atoms with E-state index >= 15 is 0 Å².